The fraction of sp³-hybridized carbons (Fsp3) is 0.172. The van der Waals surface area contributed by atoms with Gasteiger partial charge in [-0.15, -0.1) is 0 Å². The normalized spacial score (nSPS) is 14.6. The van der Waals surface area contributed by atoms with Crippen molar-refractivity contribution in [1.29, 1.82) is 0 Å². The lowest BCUT2D eigenvalue weighted by molar-refractivity contribution is 0.198. The van der Waals surface area contributed by atoms with E-state index < -0.39 is 0 Å². The standard InChI is InChI=1S/C29H28N2/c1-3-7-23(8-4-1)25-11-15-27(16-12-25)29(31-21-19-30-20-22-31)28-17-13-26(14-18-28)24-9-5-2-6-10-24/h1-18,29-30H,19-22H2. The van der Waals surface area contributed by atoms with Crippen molar-refractivity contribution in [2.24, 2.45) is 0 Å². The average Bonchev–Trinajstić information content (AvgIpc) is 2.87. The Morgan fingerprint density at radius 3 is 1.29 bits per heavy atom. The van der Waals surface area contributed by atoms with Gasteiger partial charge in [0.1, 0.15) is 0 Å². The Labute approximate surface area is 185 Å². The van der Waals surface area contributed by atoms with Gasteiger partial charge >= 0.3 is 0 Å². The second-order valence-electron chi connectivity index (χ2n) is 8.16. The highest BCUT2D eigenvalue weighted by Gasteiger charge is 2.24. The van der Waals surface area contributed by atoms with Gasteiger partial charge in [0.25, 0.3) is 0 Å². The molecule has 0 aliphatic carbocycles. The van der Waals surface area contributed by atoms with E-state index in [0.29, 0.717) is 0 Å². The van der Waals surface area contributed by atoms with Crippen LogP contribution in [0.25, 0.3) is 22.3 Å². The van der Waals surface area contributed by atoms with Crippen LogP contribution in [0.4, 0.5) is 0 Å². The van der Waals surface area contributed by atoms with Crippen LogP contribution in [-0.2, 0) is 0 Å². The SMILES string of the molecule is c1ccc(-c2ccc(C(c3ccc(-c4ccccc4)cc3)N3CCNCC3)cc2)cc1. The van der Waals surface area contributed by atoms with Crippen molar-refractivity contribution >= 4 is 0 Å². The Balaban J connectivity index is 1.47. The summed E-state index contributed by atoms with van der Waals surface area (Å²) < 4.78 is 0. The van der Waals surface area contributed by atoms with Gasteiger partial charge in [0, 0.05) is 26.2 Å². The maximum absolute atomic E-state index is 3.49. The molecule has 0 saturated carbocycles. The summed E-state index contributed by atoms with van der Waals surface area (Å²) in [6.45, 7) is 4.21. The average molecular weight is 405 g/mol. The first-order valence-corrected chi connectivity index (χ1v) is 11.1. The maximum atomic E-state index is 3.49. The third kappa shape index (κ3) is 4.46. The Morgan fingerprint density at radius 2 is 0.871 bits per heavy atom. The molecule has 0 atom stereocenters. The van der Waals surface area contributed by atoms with Crippen molar-refractivity contribution in [3.05, 3.63) is 120 Å². The number of nitrogens with zero attached hydrogens (tertiary/aromatic N) is 1. The van der Waals surface area contributed by atoms with Crippen LogP contribution in [0.1, 0.15) is 17.2 Å². The van der Waals surface area contributed by atoms with E-state index in [1.807, 2.05) is 0 Å². The molecule has 2 heteroatoms. The summed E-state index contributed by atoms with van der Waals surface area (Å²) >= 11 is 0. The number of piperazine rings is 1. The molecule has 154 valence electrons. The highest BCUT2D eigenvalue weighted by Crippen LogP contribution is 2.32. The summed E-state index contributed by atoms with van der Waals surface area (Å²) in [4.78, 5) is 2.60. The smallest absolute Gasteiger partial charge is 0.0602 e. The van der Waals surface area contributed by atoms with E-state index >= 15 is 0 Å². The van der Waals surface area contributed by atoms with Crippen molar-refractivity contribution in [3.8, 4) is 22.3 Å². The minimum Gasteiger partial charge on any atom is -0.314 e. The molecule has 0 amide bonds. The van der Waals surface area contributed by atoms with Crippen LogP contribution in [0, 0.1) is 0 Å². The molecule has 4 aromatic carbocycles. The number of benzene rings is 4. The predicted molar refractivity (Wildman–Crippen MR) is 130 cm³/mol. The lowest BCUT2D eigenvalue weighted by Gasteiger charge is -2.35. The molecule has 0 unspecified atom stereocenters. The molecular formula is C29H28N2. The number of rotatable bonds is 5. The van der Waals surface area contributed by atoms with Crippen molar-refractivity contribution < 1.29 is 0 Å². The Bertz CT molecular complexity index is 998. The number of hydrogen-bond acceptors (Lipinski definition) is 2. The topological polar surface area (TPSA) is 15.3 Å². The third-order valence-electron chi connectivity index (χ3n) is 6.18. The zero-order valence-corrected chi connectivity index (χ0v) is 17.7. The van der Waals surface area contributed by atoms with Gasteiger partial charge in [-0.3, -0.25) is 4.90 Å². The van der Waals surface area contributed by atoms with Crippen LogP contribution in [0.2, 0.25) is 0 Å². The monoisotopic (exact) mass is 404 g/mol. The van der Waals surface area contributed by atoms with E-state index in [0.717, 1.165) is 26.2 Å². The minimum absolute atomic E-state index is 0.275. The summed E-state index contributed by atoms with van der Waals surface area (Å²) in [7, 11) is 0. The molecule has 0 bridgehead atoms. The van der Waals surface area contributed by atoms with Crippen molar-refractivity contribution in [1.82, 2.24) is 10.2 Å². The third-order valence-corrected chi connectivity index (χ3v) is 6.18. The van der Waals surface area contributed by atoms with Crippen LogP contribution < -0.4 is 5.32 Å². The van der Waals surface area contributed by atoms with Gasteiger partial charge < -0.3 is 5.32 Å². The highest BCUT2D eigenvalue weighted by molar-refractivity contribution is 5.65. The first-order valence-electron chi connectivity index (χ1n) is 11.1. The molecule has 2 nitrogen and oxygen atoms in total. The highest BCUT2D eigenvalue weighted by atomic mass is 15.2. The molecule has 31 heavy (non-hydrogen) atoms. The summed E-state index contributed by atoms with van der Waals surface area (Å²) in [6.07, 6.45) is 0. The number of nitrogens with one attached hydrogen (secondary N) is 1. The largest absolute Gasteiger partial charge is 0.314 e. The first-order chi connectivity index (χ1) is 15.4. The van der Waals surface area contributed by atoms with Crippen LogP contribution in [0.15, 0.2) is 109 Å². The summed E-state index contributed by atoms with van der Waals surface area (Å²) in [5.41, 5.74) is 7.77. The van der Waals surface area contributed by atoms with E-state index in [1.54, 1.807) is 0 Å². The zero-order chi connectivity index (χ0) is 20.9. The molecule has 0 spiro atoms. The van der Waals surface area contributed by atoms with Gasteiger partial charge in [-0.1, -0.05) is 109 Å². The molecule has 1 fully saturated rings. The molecule has 1 heterocycles. The molecule has 5 rings (SSSR count). The Hall–Kier alpha value is -3.20. The van der Waals surface area contributed by atoms with E-state index in [1.165, 1.54) is 33.4 Å². The molecule has 1 N–H and O–H groups in total. The van der Waals surface area contributed by atoms with Gasteiger partial charge in [-0.05, 0) is 33.4 Å². The quantitative estimate of drug-likeness (QED) is 0.438. The molecule has 4 aromatic rings. The van der Waals surface area contributed by atoms with Gasteiger partial charge in [-0.25, -0.2) is 0 Å². The zero-order valence-electron chi connectivity index (χ0n) is 17.7. The first kappa shape index (κ1) is 19.7. The van der Waals surface area contributed by atoms with E-state index in [2.05, 4.69) is 119 Å². The van der Waals surface area contributed by atoms with E-state index in [-0.39, 0.29) is 6.04 Å². The molecule has 1 saturated heterocycles. The fourth-order valence-corrected chi connectivity index (χ4v) is 4.53. The van der Waals surface area contributed by atoms with Crippen molar-refractivity contribution in [2.45, 2.75) is 6.04 Å². The second-order valence-corrected chi connectivity index (χ2v) is 8.16. The summed E-state index contributed by atoms with van der Waals surface area (Å²) in [5.74, 6) is 0. The van der Waals surface area contributed by atoms with Gasteiger partial charge in [0.2, 0.25) is 0 Å². The maximum Gasteiger partial charge on any atom is 0.0602 e. The fourth-order valence-electron chi connectivity index (χ4n) is 4.53. The van der Waals surface area contributed by atoms with Crippen molar-refractivity contribution in [2.75, 3.05) is 26.2 Å². The van der Waals surface area contributed by atoms with Crippen LogP contribution >= 0.6 is 0 Å². The lowest BCUT2D eigenvalue weighted by Crippen LogP contribution is -2.45. The summed E-state index contributed by atoms with van der Waals surface area (Å²) in [6, 6.07) is 39.8. The second kappa shape index (κ2) is 9.30. The van der Waals surface area contributed by atoms with Crippen molar-refractivity contribution in [3.63, 3.8) is 0 Å². The van der Waals surface area contributed by atoms with E-state index in [4.69, 9.17) is 0 Å². The predicted octanol–water partition coefficient (Wildman–Crippen LogP) is 6.02. The van der Waals surface area contributed by atoms with Gasteiger partial charge in [-0.2, -0.15) is 0 Å². The van der Waals surface area contributed by atoms with Gasteiger partial charge in [0.15, 0.2) is 0 Å². The molecule has 0 radical (unpaired) electrons. The Morgan fingerprint density at radius 1 is 0.484 bits per heavy atom. The summed E-state index contributed by atoms with van der Waals surface area (Å²) in [5, 5.41) is 3.49. The molecule has 0 aromatic heterocycles. The van der Waals surface area contributed by atoms with Crippen LogP contribution in [-0.4, -0.2) is 31.1 Å². The van der Waals surface area contributed by atoms with Crippen LogP contribution in [0.3, 0.4) is 0 Å². The molecule has 1 aliphatic rings. The number of hydrogen-bond donors (Lipinski definition) is 1. The molecular weight excluding hydrogens is 376 g/mol. The van der Waals surface area contributed by atoms with E-state index in [9.17, 15) is 0 Å². The molecule has 1 aliphatic heterocycles. The van der Waals surface area contributed by atoms with Crippen LogP contribution in [0.5, 0.6) is 0 Å². The van der Waals surface area contributed by atoms with Gasteiger partial charge in [0.05, 0.1) is 6.04 Å². The lowest BCUT2D eigenvalue weighted by atomic mass is 9.93. The Kier molecular flexibility index (Phi) is 5.92. The minimum atomic E-state index is 0.275.